The van der Waals surface area contributed by atoms with Gasteiger partial charge in [0, 0.05) is 12.6 Å². The van der Waals surface area contributed by atoms with Crippen LogP contribution in [-0.2, 0) is 17.8 Å². The molecule has 70 valence electrons. The molecule has 1 aromatic heterocycles. The molecule has 0 radical (unpaired) electrons. The van der Waals surface area contributed by atoms with Crippen LogP contribution in [0.5, 0.6) is 0 Å². The molecule has 1 rings (SSSR count). The molecule has 5 nitrogen and oxygen atoms in total. The van der Waals surface area contributed by atoms with E-state index in [0.29, 0.717) is 12.2 Å². The van der Waals surface area contributed by atoms with E-state index in [1.807, 2.05) is 0 Å². The fourth-order valence-electron chi connectivity index (χ4n) is 0.967. The molecule has 5 heteroatoms. The maximum absolute atomic E-state index is 11.0. The predicted molar refractivity (Wildman–Crippen MR) is 45.5 cm³/mol. The Kier molecular flexibility index (Phi) is 2.79. The lowest BCUT2D eigenvalue weighted by Gasteiger charge is -2.01. The Labute approximate surface area is 74.6 Å². The van der Waals surface area contributed by atoms with Crippen LogP contribution < -0.4 is 5.56 Å². The minimum Gasteiger partial charge on any atom is -0.481 e. The number of aromatic nitrogens is 2. The quantitative estimate of drug-likeness (QED) is 0.707. The van der Waals surface area contributed by atoms with Crippen molar-refractivity contribution < 1.29 is 9.90 Å². The SMILES string of the molecule is CCn1nc(CC(=O)O)ccc1=O. The molecule has 0 amide bonds. The zero-order valence-corrected chi connectivity index (χ0v) is 7.23. The van der Waals surface area contributed by atoms with Gasteiger partial charge in [-0.25, -0.2) is 4.68 Å². The van der Waals surface area contributed by atoms with E-state index in [-0.39, 0.29) is 12.0 Å². The van der Waals surface area contributed by atoms with Gasteiger partial charge in [0.2, 0.25) is 0 Å². The highest BCUT2D eigenvalue weighted by molar-refractivity contribution is 5.69. The topological polar surface area (TPSA) is 72.2 Å². The Morgan fingerprint density at radius 1 is 1.62 bits per heavy atom. The molecule has 0 aliphatic rings. The summed E-state index contributed by atoms with van der Waals surface area (Å²) in [7, 11) is 0. The molecule has 0 saturated carbocycles. The highest BCUT2D eigenvalue weighted by atomic mass is 16.4. The van der Waals surface area contributed by atoms with Crippen molar-refractivity contribution in [1.29, 1.82) is 0 Å². The molecule has 0 atom stereocenters. The van der Waals surface area contributed by atoms with Gasteiger partial charge in [-0.15, -0.1) is 0 Å². The Hall–Kier alpha value is -1.65. The van der Waals surface area contributed by atoms with Gasteiger partial charge in [-0.2, -0.15) is 5.10 Å². The Balaban J connectivity index is 2.99. The fraction of sp³-hybridized carbons (Fsp3) is 0.375. The number of aliphatic carboxylic acids is 1. The maximum atomic E-state index is 11.0. The summed E-state index contributed by atoms with van der Waals surface area (Å²) >= 11 is 0. The number of carbonyl (C=O) groups is 1. The fourth-order valence-corrected chi connectivity index (χ4v) is 0.967. The second kappa shape index (κ2) is 3.84. The molecule has 0 aliphatic heterocycles. The van der Waals surface area contributed by atoms with Gasteiger partial charge >= 0.3 is 5.97 Å². The van der Waals surface area contributed by atoms with Crippen LogP contribution in [0.2, 0.25) is 0 Å². The van der Waals surface area contributed by atoms with E-state index in [2.05, 4.69) is 5.10 Å². The van der Waals surface area contributed by atoms with E-state index in [1.54, 1.807) is 6.92 Å². The molecule has 13 heavy (non-hydrogen) atoms. The lowest BCUT2D eigenvalue weighted by atomic mass is 10.3. The lowest BCUT2D eigenvalue weighted by molar-refractivity contribution is -0.136. The Morgan fingerprint density at radius 3 is 2.85 bits per heavy atom. The van der Waals surface area contributed by atoms with Crippen molar-refractivity contribution in [1.82, 2.24) is 9.78 Å². The first-order valence-electron chi connectivity index (χ1n) is 3.92. The van der Waals surface area contributed by atoms with Gasteiger partial charge in [0.15, 0.2) is 0 Å². The highest BCUT2D eigenvalue weighted by Crippen LogP contribution is 1.91. The molecule has 0 aromatic carbocycles. The normalized spacial score (nSPS) is 9.92. The first-order valence-corrected chi connectivity index (χ1v) is 3.92. The number of rotatable bonds is 3. The molecule has 0 fully saturated rings. The van der Waals surface area contributed by atoms with Crippen LogP contribution in [0.4, 0.5) is 0 Å². The third-order valence-corrected chi connectivity index (χ3v) is 1.55. The van der Waals surface area contributed by atoms with E-state index in [1.165, 1.54) is 16.8 Å². The second-order valence-electron chi connectivity index (χ2n) is 2.55. The van der Waals surface area contributed by atoms with E-state index in [9.17, 15) is 9.59 Å². The maximum Gasteiger partial charge on any atom is 0.309 e. The van der Waals surface area contributed by atoms with Crippen LogP contribution in [0.25, 0.3) is 0 Å². The summed E-state index contributed by atoms with van der Waals surface area (Å²) in [5.41, 5.74) is 0.186. The lowest BCUT2D eigenvalue weighted by Crippen LogP contribution is -2.22. The van der Waals surface area contributed by atoms with Gasteiger partial charge < -0.3 is 5.11 Å². The molecular weight excluding hydrogens is 172 g/mol. The predicted octanol–water partition coefficient (Wildman–Crippen LogP) is -0.110. The highest BCUT2D eigenvalue weighted by Gasteiger charge is 2.03. The van der Waals surface area contributed by atoms with Crippen molar-refractivity contribution in [2.24, 2.45) is 0 Å². The van der Waals surface area contributed by atoms with Gasteiger partial charge in [0.05, 0.1) is 12.1 Å². The molecule has 1 aromatic rings. The molecule has 0 bridgehead atoms. The Morgan fingerprint density at radius 2 is 2.31 bits per heavy atom. The van der Waals surface area contributed by atoms with E-state index >= 15 is 0 Å². The minimum absolute atomic E-state index is 0.152. The average molecular weight is 182 g/mol. The van der Waals surface area contributed by atoms with Gasteiger partial charge in [-0.05, 0) is 13.0 Å². The van der Waals surface area contributed by atoms with Gasteiger partial charge in [-0.1, -0.05) is 0 Å². The van der Waals surface area contributed by atoms with E-state index in [0.717, 1.165) is 0 Å². The molecule has 0 aliphatic carbocycles. The van der Waals surface area contributed by atoms with Crippen LogP contribution in [-0.4, -0.2) is 20.9 Å². The molecule has 0 saturated heterocycles. The zero-order chi connectivity index (χ0) is 9.84. The third-order valence-electron chi connectivity index (χ3n) is 1.55. The van der Waals surface area contributed by atoms with Crippen molar-refractivity contribution in [3.63, 3.8) is 0 Å². The molecular formula is C8H10N2O3. The summed E-state index contributed by atoms with van der Waals surface area (Å²) in [6, 6.07) is 2.76. The smallest absolute Gasteiger partial charge is 0.309 e. The summed E-state index contributed by atoms with van der Waals surface area (Å²) in [6.45, 7) is 2.23. The summed E-state index contributed by atoms with van der Waals surface area (Å²) in [4.78, 5) is 21.4. The summed E-state index contributed by atoms with van der Waals surface area (Å²) < 4.78 is 1.23. The van der Waals surface area contributed by atoms with Crippen molar-refractivity contribution in [3.05, 3.63) is 28.2 Å². The average Bonchev–Trinajstić information content (AvgIpc) is 2.07. The number of hydrogen-bond donors (Lipinski definition) is 1. The van der Waals surface area contributed by atoms with Crippen LogP contribution in [0.15, 0.2) is 16.9 Å². The van der Waals surface area contributed by atoms with E-state index in [4.69, 9.17) is 5.11 Å². The molecule has 0 unspecified atom stereocenters. The monoisotopic (exact) mass is 182 g/mol. The number of aryl methyl sites for hydroxylation is 1. The van der Waals surface area contributed by atoms with Crippen LogP contribution >= 0.6 is 0 Å². The number of nitrogens with zero attached hydrogens (tertiary/aromatic N) is 2. The summed E-state index contributed by atoms with van der Waals surface area (Å²) in [5, 5.41) is 12.3. The first-order chi connectivity index (χ1) is 6.13. The second-order valence-corrected chi connectivity index (χ2v) is 2.55. The Bertz CT molecular complexity index is 370. The van der Waals surface area contributed by atoms with Crippen LogP contribution in [0, 0.1) is 0 Å². The van der Waals surface area contributed by atoms with Gasteiger partial charge in [-0.3, -0.25) is 9.59 Å². The minimum atomic E-state index is -0.950. The van der Waals surface area contributed by atoms with Crippen molar-refractivity contribution in [2.75, 3.05) is 0 Å². The number of carboxylic acid groups (broad SMARTS) is 1. The largest absolute Gasteiger partial charge is 0.481 e. The van der Waals surface area contributed by atoms with E-state index < -0.39 is 5.97 Å². The molecule has 1 heterocycles. The van der Waals surface area contributed by atoms with Crippen LogP contribution in [0.1, 0.15) is 12.6 Å². The summed E-state index contributed by atoms with van der Waals surface area (Å²) in [6.07, 6.45) is -0.152. The first kappa shape index (κ1) is 9.44. The number of carboxylic acids is 1. The van der Waals surface area contributed by atoms with Crippen molar-refractivity contribution in [2.45, 2.75) is 19.9 Å². The standard InChI is InChI=1S/C8H10N2O3/c1-2-10-7(11)4-3-6(9-10)5-8(12)13/h3-4H,2,5H2,1H3,(H,12,13). The van der Waals surface area contributed by atoms with Gasteiger partial charge in [0.25, 0.3) is 5.56 Å². The van der Waals surface area contributed by atoms with Gasteiger partial charge in [0.1, 0.15) is 0 Å². The van der Waals surface area contributed by atoms with Crippen LogP contribution in [0.3, 0.4) is 0 Å². The summed E-state index contributed by atoms with van der Waals surface area (Å²) in [5.74, 6) is -0.950. The van der Waals surface area contributed by atoms with Crippen molar-refractivity contribution >= 4 is 5.97 Å². The number of hydrogen-bond acceptors (Lipinski definition) is 3. The molecule has 1 N–H and O–H groups in total. The third kappa shape index (κ3) is 2.40. The molecule has 0 spiro atoms. The van der Waals surface area contributed by atoms with Crippen molar-refractivity contribution in [3.8, 4) is 0 Å². The zero-order valence-electron chi connectivity index (χ0n) is 7.23.